The molecule has 29 heavy (non-hydrogen) atoms. The van der Waals surface area contributed by atoms with Crippen LogP contribution in [0.2, 0.25) is 0 Å². The van der Waals surface area contributed by atoms with E-state index in [1.807, 2.05) is 48.5 Å². The largest absolute Gasteiger partial charge is 0.338 e. The number of nitrogens with zero attached hydrogens (tertiary/aromatic N) is 2. The summed E-state index contributed by atoms with van der Waals surface area (Å²) in [6.07, 6.45) is 2.58. The molecule has 2 aromatic carbocycles. The number of nitrogens with one attached hydrogen (secondary N) is 1. The molecule has 1 N–H and O–H groups in total. The standard InChI is InChI=1S/C25H25N3O/c29-25(28-14-20-17-10-11-22(26-13-17)21(20)15-28)19-12-24(16-6-2-1-3-7-16)27-23-9-5-4-8-18(19)23/h1-9,12,17,20-22,26H,10-11,13-15H2. The van der Waals surface area contributed by atoms with Crippen molar-refractivity contribution >= 4 is 16.8 Å². The Morgan fingerprint density at radius 3 is 2.55 bits per heavy atom. The van der Waals surface area contributed by atoms with E-state index >= 15 is 0 Å². The van der Waals surface area contributed by atoms with Gasteiger partial charge in [0.25, 0.3) is 5.91 Å². The van der Waals surface area contributed by atoms with Gasteiger partial charge in [-0.25, -0.2) is 4.98 Å². The van der Waals surface area contributed by atoms with E-state index in [1.54, 1.807) is 0 Å². The fourth-order valence-electron chi connectivity index (χ4n) is 5.86. The van der Waals surface area contributed by atoms with Gasteiger partial charge in [-0.1, -0.05) is 48.5 Å². The number of benzene rings is 2. The minimum atomic E-state index is 0.162. The van der Waals surface area contributed by atoms with Crippen molar-refractivity contribution in [2.75, 3.05) is 19.6 Å². The van der Waals surface area contributed by atoms with Crippen LogP contribution in [0.4, 0.5) is 0 Å². The lowest BCUT2D eigenvalue weighted by molar-refractivity contribution is 0.0784. The molecule has 1 saturated carbocycles. The fraction of sp³-hybridized carbons (Fsp3) is 0.360. The Labute approximate surface area is 170 Å². The molecule has 3 saturated heterocycles. The highest BCUT2D eigenvalue weighted by atomic mass is 16.2. The maximum absolute atomic E-state index is 13.7. The Morgan fingerprint density at radius 2 is 1.76 bits per heavy atom. The number of amides is 1. The summed E-state index contributed by atoms with van der Waals surface area (Å²) < 4.78 is 0. The second kappa shape index (κ2) is 6.67. The van der Waals surface area contributed by atoms with Crippen LogP contribution < -0.4 is 5.32 Å². The molecule has 4 fully saturated rings. The fourth-order valence-corrected chi connectivity index (χ4v) is 5.86. The topological polar surface area (TPSA) is 45.2 Å². The molecule has 4 heteroatoms. The van der Waals surface area contributed by atoms with Crippen LogP contribution in [0.1, 0.15) is 23.2 Å². The van der Waals surface area contributed by atoms with Gasteiger partial charge in [0.15, 0.2) is 0 Å². The van der Waals surface area contributed by atoms with Crippen molar-refractivity contribution < 1.29 is 4.79 Å². The zero-order valence-corrected chi connectivity index (χ0v) is 16.4. The summed E-state index contributed by atoms with van der Waals surface area (Å²) in [5, 5.41) is 4.65. The number of rotatable bonds is 2. The Kier molecular flexibility index (Phi) is 3.95. The number of aromatic nitrogens is 1. The van der Waals surface area contributed by atoms with Gasteiger partial charge in [-0.2, -0.15) is 0 Å². The van der Waals surface area contributed by atoms with E-state index in [1.165, 1.54) is 12.8 Å². The van der Waals surface area contributed by atoms with E-state index in [9.17, 15) is 4.79 Å². The highest BCUT2D eigenvalue weighted by Crippen LogP contribution is 2.43. The van der Waals surface area contributed by atoms with E-state index in [0.29, 0.717) is 17.9 Å². The molecule has 146 valence electrons. The molecule has 4 heterocycles. The van der Waals surface area contributed by atoms with Gasteiger partial charge in [0.1, 0.15) is 0 Å². The van der Waals surface area contributed by atoms with Crippen LogP contribution in [0.25, 0.3) is 22.2 Å². The van der Waals surface area contributed by atoms with Crippen molar-refractivity contribution in [1.82, 2.24) is 15.2 Å². The van der Waals surface area contributed by atoms with E-state index in [-0.39, 0.29) is 5.91 Å². The molecule has 4 atom stereocenters. The zero-order valence-electron chi connectivity index (χ0n) is 16.4. The van der Waals surface area contributed by atoms with Crippen LogP contribution in [0.15, 0.2) is 60.7 Å². The molecule has 4 aliphatic rings. The SMILES string of the molecule is O=C(c1cc(-c2ccccc2)nc2ccccc12)N1CC2C3CCC(NC3)C2C1. The van der Waals surface area contributed by atoms with E-state index < -0.39 is 0 Å². The minimum Gasteiger partial charge on any atom is -0.338 e. The summed E-state index contributed by atoms with van der Waals surface area (Å²) in [5.41, 5.74) is 3.58. The summed E-state index contributed by atoms with van der Waals surface area (Å²) in [6, 6.07) is 20.8. The van der Waals surface area contributed by atoms with E-state index in [0.717, 1.165) is 53.3 Å². The van der Waals surface area contributed by atoms with Crippen LogP contribution in [-0.4, -0.2) is 41.5 Å². The average Bonchev–Trinajstić information content (AvgIpc) is 3.27. The third-order valence-corrected chi connectivity index (χ3v) is 7.33. The number of carbonyl (C=O) groups is 1. The maximum atomic E-state index is 13.7. The summed E-state index contributed by atoms with van der Waals surface area (Å²) >= 11 is 0. The van der Waals surface area contributed by atoms with Gasteiger partial charge >= 0.3 is 0 Å². The number of likely N-dealkylation sites (tertiary alicyclic amines) is 1. The lowest BCUT2D eigenvalue weighted by atomic mass is 9.68. The minimum absolute atomic E-state index is 0.162. The average molecular weight is 383 g/mol. The summed E-state index contributed by atoms with van der Waals surface area (Å²) in [7, 11) is 0. The number of para-hydroxylation sites is 1. The molecule has 1 aliphatic carbocycles. The number of carbonyl (C=O) groups excluding carboxylic acids is 1. The van der Waals surface area contributed by atoms with Gasteiger partial charge in [0, 0.05) is 30.1 Å². The number of fused-ring (bicyclic) bond motifs is 3. The van der Waals surface area contributed by atoms with Crippen molar-refractivity contribution in [3.63, 3.8) is 0 Å². The van der Waals surface area contributed by atoms with Gasteiger partial charge in [-0.15, -0.1) is 0 Å². The smallest absolute Gasteiger partial charge is 0.254 e. The first-order chi connectivity index (χ1) is 14.3. The highest BCUT2D eigenvalue weighted by Gasteiger charge is 2.49. The third kappa shape index (κ3) is 2.77. The Balaban J connectivity index is 1.40. The van der Waals surface area contributed by atoms with Crippen molar-refractivity contribution in [2.24, 2.45) is 17.8 Å². The van der Waals surface area contributed by atoms with Gasteiger partial charge in [-0.05, 0) is 49.3 Å². The molecule has 0 radical (unpaired) electrons. The quantitative estimate of drug-likeness (QED) is 0.728. The number of piperidine rings is 2. The first kappa shape index (κ1) is 17.2. The molecule has 4 nitrogen and oxygen atoms in total. The Hall–Kier alpha value is -2.72. The van der Waals surface area contributed by atoms with Crippen LogP contribution in [-0.2, 0) is 0 Å². The zero-order chi connectivity index (χ0) is 19.4. The molecule has 1 amide bonds. The third-order valence-electron chi connectivity index (χ3n) is 7.33. The Bertz CT molecular complexity index is 1050. The van der Waals surface area contributed by atoms with Crippen LogP contribution >= 0.6 is 0 Å². The summed E-state index contributed by atoms with van der Waals surface area (Å²) in [4.78, 5) is 20.7. The van der Waals surface area contributed by atoms with Crippen LogP contribution in [0.3, 0.4) is 0 Å². The number of pyridine rings is 1. The second-order valence-corrected chi connectivity index (χ2v) is 8.83. The molecule has 4 unspecified atom stereocenters. The lowest BCUT2D eigenvalue weighted by Gasteiger charge is -2.45. The lowest BCUT2D eigenvalue weighted by Crippen LogP contribution is -2.54. The van der Waals surface area contributed by atoms with Crippen LogP contribution in [0.5, 0.6) is 0 Å². The van der Waals surface area contributed by atoms with E-state index in [4.69, 9.17) is 4.98 Å². The molecular weight excluding hydrogens is 358 g/mol. The summed E-state index contributed by atoms with van der Waals surface area (Å²) in [5.74, 6) is 2.18. The maximum Gasteiger partial charge on any atom is 0.254 e. The van der Waals surface area contributed by atoms with Gasteiger partial charge in [0.05, 0.1) is 16.8 Å². The van der Waals surface area contributed by atoms with Gasteiger partial charge in [-0.3, -0.25) is 4.79 Å². The monoisotopic (exact) mass is 383 g/mol. The van der Waals surface area contributed by atoms with Crippen LogP contribution in [0, 0.1) is 17.8 Å². The normalized spacial score (nSPS) is 27.9. The van der Waals surface area contributed by atoms with Crippen molar-refractivity contribution in [3.8, 4) is 11.3 Å². The molecule has 1 aromatic heterocycles. The van der Waals surface area contributed by atoms with Gasteiger partial charge in [0.2, 0.25) is 0 Å². The number of hydrogen-bond acceptors (Lipinski definition) is 3. The predicted molar refractivity (Wildman–Crippen MR) is 115 cm³/mol. The second-order valence-electron chi connectivity index (χ2n) is 8.83. The molecule has 3 aromatic rings. The molecule has 0 spiro atoms. The van der Waals surface area contributed by atoms with Crippen molar-refractivity contribution in [3.05, 3.63) is 66.2 Å². The van der Waals surface area contributed by atoms with E-state index in [2.05, 4.69) is 22.3 Å². The summed E-state index contributed by atoms with van der Waals surface area (Å²) in [6.45, 7) is 2.92. The molecular formula is C25H25N3O. The first-order valence-electron chi connectivity index (χ1n) is 10.8. The predicted octanol–water partition coefficient (Wildman–Crippen LogP) is 3.97. The highest BCUT2D eigenvalue weighted by molar-refractivity contribution is 6.07. The Morgan fingerprint density at radius 1 is 0.966 bits per heavy atom. The van der Waals surface area contributed by atoms with Gasteiger partial charge < -0.3 is 10.2 Å². The molecule has 2 bridgehead atoms. The van der Waals surface area contributed by atoms with Crippen molar-refractivity contribution in [1.29, 1.82) is 0 Å². The molecule has 7 rings (SSSR count). The van der Waals surface area contributed by atoms with Crippen molar-refractivity contribution in [2.45, 2.75) is 18.9 Å². The molecule has 3 aliphatic heterocycles. The number of hydrogen-bond donors (Lipinski definition) is 1. The first-order valence-corrected chi connectivity index (χ1v) is 10.8.